The van der Waals surface area contributed by atoms with E-state index in [2.05, 4.69) is 15.0 Å². The molecular weight excluding hydrogens is 228 g/mol. The summed E-state index contributed by atoms with van der Waals surface area (Å²) in [6.07, 6.45) is 4.41. The van der Waals surface area contributed by atoms with Crippen LogP contribution in [0.3, 0.4) is 0 Å². The maximum absolute atomic E-state index is 5.92. The molecule has 0 radical (unpaired) electrons. The van der Waals surface area contributed by atoms with Crippen LogP contribution in [0, 0.1) is 13.8 Å². The molecular formula is C13H22N4O. The highest BCUT2D eigenvalue weighted by Crippen LogP contribution is 2.24. The average molecular weight is 250 g/mol. The van der Waals surface area contributed by atoms with Crippen molar-refractivity contribution < 1.29 is 4.52 Å². The Labute approximate surface area is 108 Å². The number of nitrogens with two attached hydrogens (primary N) is 1. The fraction of sp³-hybridized carbons (Fsp3) is 0.692. The highest BCUT2D eigenvalue weighted by atomic mass is 16.5. The van der Waals surface area contributed by atoms with Crippen LogP contribution in [0.5, 0.6) is 0 Å². The quantitative estimate of drug-likeness (QED) is 0.490. The van der Waals surface area contributed by atoms with Crippen molar-refractivity contribution in [3.8, 4) is 0 Å². The Bertz CT molecular complexity index is 415. The lowest BCUT2D eigenvalue weighted by Gasteiger charge is -2.16. The first kappa shape index (κ1) is 12.9. The molecule has 5 nitrogen and oxygen atoms in total. The molecule has 1 heterocycles. The Kier molecular flexibility index (Phi) is 3.89. The van der Waals surface area contributed by atoms with Crippen LogP contribution in [0.4, 0.5) is 0 Å². The normalized spacial score (nSPS) is 16.1. The molecule has 0 amide bonds. The van der Waals surface area contributed by atoms with Crippen molar-refractivity contribution >= 4 is 5.96 Å². The summed E-state index contributed by atoms with van der Waals surface area (Å²) >= 11 is 0. The SMILES string of the molecule is Cc1noc(C)c1CCCN=C(N)N(C)C1CC1. The van der Waals surface area contributed by atoms with E-state index in [1.165, 1.54) is 18.4 Å². The standard InChI is InChI=1S/C13H22N4O/c1-9-12(10(2)18-16-9)5-4-8-15-13(14)17(3)11-6-7-11/h11H,4-8H2,1-3H3,(H2,14,15). The number of nitrogens with zero attached hydrogens (tertiary/aromatic N) is 3. The summed E-state index contributed by atoms with van der Waals surface area (Å²) in [6.45, 7) is 4.69. The average Bonchev–Trinajstić information content (AvgIpc) is 3.14. The highest BCUT2D eigenvalue weighted by Gasteiger charge is 2.27. The number of hydrogen-bond acceptors (Lipinski definition) is 3. The summed E-state index contributed by atoms with van der Waals surface area (Å²) < 4.78 is 5.13. The van der Waals surface area contributed by atoms with Gasteiger partial charge in [0.25, 0.3) is 0 Å². The molecule has 1 aliphatic rings. The highest BCUT2D eigenvalue weighted by molar-refractivity contribution is 5.78. The monoisotopic (exact) mass is 250 g/mol. The zero-order chi connectivity index (χ0) is 13.1. The molecule has 2 N–H and O–H groups in total. The molecule has 1 fully saturated rings. The topological polar surface area (TPSA) is 67.6 Å². The smallest absolute Gasteiger partial charge is 0.191 e. The van der Waals surface area contributed by atoms with Crippen molar-refractivity contribution in [2.45, 2.75) is 45.6 Å². The van der Waals surface area contributed by atoms with Gasteiger partial charge in [0, 0.05) is 25.2 Å². The van der Waals surface area contributed by atoms with Crippen LogP contribution in [-0.4, -0.2) is 35.7 Å². The van der Waals surface area contributed by atoms with E-state index in [-0.39, 0.29) is 0 Å². The van der Waals surface area contributed by atoms with Crippen molar-refractivity contribution in [3.05, 3.63) is 17.0 Å². The fourth-order valence-electron chi connectivity index (χ4n) is 2.07. The Balaban J connectivity index is 1.77. The van der Waals surface area contributed by atoms with Crippen LogP contribution in [0.25, 0.3) is 0 Å². The van der Waals surface area contributed by atoms with Crippen molar-refractivity contribution in [3.63, 3.8) is 0 Å². The summed E-state index contributed by atoms with van der Waals surface area (Å²) in [6, 6.07) is 0.622. The summed E-state index contributed by atoms with van der Waals surface area (Å²) in [4.78, 5) is 6.49. The molecule has 0 spiro atoms. The minimum Gasteiger partial charge on any atom is -0.370 e. The lowest BCUT2D eigenvalue weighted by atomic mass is 10.1. The van der Waals surface area contributed by atoms with Crippen molar-refractivity contribution in [1.29, 1.82) is 0 Å². The number of aryl methyl sites for hydroxylation is 2. The van der Waals surface area contributed by atoms with Gasteiger partial charge in [0.05, 0.1) is 5.69 Å². The Morgan fingerprint density at radius 1 is 1.50 bits per heavy atom. The van der Waals surface area contributed by atoms with Gasteiger partial charge in [-0.3, -0.25) is 4.99 Å². The van der Waals surface area contributed by atoms with E-state index in [0.717, 1.165) is 30.8 Å². The van der Waals surface area contributed by atoms with Crippen LogP contribution in [0.1, 0.15) is 36.3 Å². The lowest BCUT2D eigenvalue weighted by molar-refractivity contribution is 0.392. The van der Waals surface area contributed by atoms with Gasteiger partial charge in [-0.2, -0.15) is 0 Å². The van der Waals surface area contributed by atoms with E-state index in [9.17, 15) is 0 Å². The Hall–Kier alpha value is -1.52. The Morgan fingerprint density at radius 2 is 2.22 bits per heavy atom. The van der Waals surface area contributed by atoms with Gasteiger partial charge in [0.2, 0.25) is 0 Å². The molecule has 0 saturated heterocycles. The summed E-state index contributed by atoms with van der Waals surface area (Å²) in [5, 5.41) is 3.95. The predicted octanol–water partition coefficient (Wildman–Crippen LogP) is 1.63. The first-order valence-electron chi connectivity index (χ1n) is 6.54. The van der Waals surface area contributed by atoms with Gasteiger partial charge in [0.15, 0.2) is 5.96 Å². The van der Waals surface area contributed by atoms with E-state index in [1.54, 1.807) is 0 Å². The molecule has 0 atom stereocenters. The lowest BCUT2D eigenvalue weighted by Crippen LogP contribution is -2.35. The zero-order valence-corrected chi connectivity index (χ0v) is 11.4. The molecule has 100 valence electrons. The number of rotatable bonds is 5. The third-order valence-electron chi connectivity index (χ3n) is 3.50. The second-order valence-electron chi connectivity index (χ2n) is 4.99. The maximum Gasteiger partial charge on any atom is 0.191 e. The van der Waals surface area contributed by atoms with Gasteiger partial charge < -0.3 is 15.2 Å². The van der Waals surface area contributed by atoms with Crippen molar-refractivity contribution in [1.82, 2.24) is 10.1 Å². The van der Waals surface area contributed by atoms with Gasteiger partial charge >= 0.3 is 0 Å². The van der Waals surface area contributed by atoms with Crippen molar-refractivity contribution in [2.24, 2.45) is 10.7 Å². The minimum absolute atomic E-state index is 0.622. The van der Waals surface area contributed by atoms with E-state index >= 15 is 0 Å². The van der Waals surface area contributed by atoms with E-state index in [4.69, 9.17) is 10.3 Å². The van der Waals surface area contributed by atoms with Crippen LogP contribution < -0.4 is 5.73 Å². The molecule has 1 aromatic rings. The summed E-state index contributed by atoms with van der Waals surface area (Å²) in [5.74, 6) is 1.58. The summed E-state index contributed by atoms with van der Waals surface area (Å²) in [5.41, 5.74) is 8.12. The van der Waals surface area contributed by atoms with Gasteiger partial charge in [-0.05, 0) is 39.5 Å². The molecule has 0 aliphatic heterocycles. The second kappa shape index (κ2) is 5.42. The first-order chi connectivity index (χ1) is 8.59. The third-order valence-corrected chi connectivity index (χ3v) is 3.50. The number of guanidine groups is 1. The molecule has 1 saturated carbocycles. The first-order valence-corrected chi connectivity index (χ1v) is 6.54. The van der Waals surface area contributed by atoms with E-state index in [1.807, 2.05) is 20.9 Å². The number of hydrogen-bond donors (Lipinski definition) is 1. The molecule has 2 rings (SSSR count). The van der Waals surface area contributed by atoms with Gasteiger partial charge in [-0.25, -0.2) is 0 Å². The van der Waals surface area contributed by atoms with Crippen LogP contribution in [-0.2, 0) is 6.42 Å². The van der Waals surface area contributed by atoms with Gasteiger partial charge in [0.1, 0.15) is 5.76 Å². The molecule has 1 aliphatic carbocycles. The largest absolute Gasteiger partial charge is 0.370 e. The number of aromatic nitrogens is 1. The van der Waals surface area contributed by atoms with E-state index in [0.29, 0.717) is 12.0 Å². The molecule has 0 aromatic carbocycles. The molecule has 5 heteroatoms. The van der Waals surface area contributed by atoms with Crippen molar-refractivity contribution in [2.75, 3.05) is 13.6 Å². The molecule has 0 unspecified atom stereocenters. The number of aliphatic imine (C=N–C) groups is 1. The minimum atomic E-state index is 0.622. The van der Waals surface area contributed by atoms with Gasteiger partial charge in [-0.15, -0.1) is 0 Å². The fourth-order valence-corrected chi connectivity index (χ4v) is 2.07. The molecule has 1 aromatic heterocycles. The van der Waals surface area contributed by atoms with E-state index < -0.39 is 0 Å². The second-order valence-corrected chi connectivity index (χ2v) is 4.99. The predicted molar refractivity (Wildman–Crippen MR) is 71.6 cm³/mol. The Morgan fingerprint density at radius 3 is 2.78 bits per heavy atom. The molecule has 18 heavy (non-hydrogen) atoms. The maximum atomic E-state index is 5.92. The van der Waals surface area contributed by atoms with Crippen LogP contribution in [0.15, 0.2) is 9.52 Å². The van der Waals surface area contributed by atoms with Crippen LogP contribution >= 0.6 is 0 Å². The third kappa shape index (κ3) is 3.03. The van der Waals surface area contributed by atoms with Crippen LogP contribution in [0.2, 0.25) is 0 Å². The zero-order valence-electron chi connectivity index (χ0n) is 11.4. The summed E-state index contributed by atoms with van der Waals surface area (Å²) in [7, 11) is 2.02. The molecule has 0 bridgehead atoms. The van der Waals surface area contributed by atoms with Gasteiger partial charge in [-0.1, -0.05) is 5.16 Å².